The van der Waals surface area contributed by atoms with Gasteiger partial charge in [-0.2, -0.15) is 0 Å². The smallest absolute Gasteiger partial charge is 0.236 e. The lowest BCUT2D eigenvalue weighted by atomic mass is 10.2. The van der Waals surface area contributed by atoms with Gasteiger partial charge < -0.3 is 9.42 Å². The molecule has 1 aromatic rings. The summed E-state index contributed by atoms with van der Waals surface area (Å²) in [5, 5.41) is 3.78. The van der Waals surface area contributed by atoms with Crippen LogP contribution in [0.4, 0.5) is 0 Å². The van der Waals surface area contributed by atoms with Crippen molar-refractivity contribution in [1.29, 1.82) is 0 Å². The van der Waals surface area contributed by atoms with Gasteiger partial charge in [-0.25, -0.2) is 0 Å². The number of hydrogen-bond donors (Lipinski definition) is 0. The molecule has 14 heavy (non-hydrogen) atoms. The van der Waals surface area contributed by atoms with E-state index in [2.05, 4.69) is 21.1 Å². The van der Waals surface area contributed by atoms with Gasteiger partial charge in [-0.1, -0.05) is 21.1 Å². The Morgan fingerprint density at radius 1 is 1.79 bits per heavy atom. The number of nitrogens with zero attached hydrogens (tertiary/aromatic N) is 2. The van der Waals surface area contributed by atoms with Crippen molar-refractivity contribution in [1.82, 2.24) is 10.1 Å². The number of likely N-dealkylation sites (tertiary alicyclic amines) is 1. The molecule has 4 nitrogen and oxygen atoms in total. The van der Waals surface area contributed by atoms with Crippen LogP contribution in [0.5, 0.6) is 0 Å². The quantitative estimate of drug-likeness (QED) is 0.756. The highest BCUT2D eigenvalue weighted by Crippen LogP contribution is 2.21. The Labute approximate surface area is 90.4 Å². The van der Waals surface area contributed by atoms with Crippen molar-refractivity contribution >= 4 is 21.8 Å². The molecule has 2 heterocycles. The van der Waals surface area contributed by atoms with Gasteiger partial charge in [0.05, 0.1) is 17.1 Å². The minimum absolute atomic E-state index is 0.0114. The van der Waals surface area contributed by atoms with Crippen molar-refractivity contribution < 1.29 is 9.32 Å². The zero-order chi connectivity index (χ0) is 10.1. The molecule has 1 aromatic heterocycles. The SMILES string of the molecule is Cc1nocc1CN1CCC(Br)C1=O. The molecule has 0 bridgehead atoms. The third-order valence-corrected chi connectivity index (χ3v) is 3.29. The lowest BCUT2D eigenvalue weighted by molar-refractivity contribution is -0.127. The van der Waals surface area contributed by atoms with Crippen LogP contribution in [0.3, 0.4) is 0 Å². The molecule has 0 N–H and O–H groups in total. The second-order valence-corrected chi connectivity index (χ2v) is 4.55. The summed E-state index contributed by atoms with van der Waals surface area (Å²) in [4.78, 5) is 13.4. The van der Waals surface area contributed by atoms with Gasteiger partial charge in [0.25, 0.3) is 0 Å². The van der Waals surface area contributed by atoms with Crippen molar-refractivity contribution in [3.63, 3.8) is 0 Å². The summed E-state index contributed by atoms with van der Waals surface area (Å²) >= 11 is 3.34. The van der Waals surface area contributed by atoms with Gasteiger partial charge in [-0.3, -0.25) is 4.79 Å². The minimum Gasteiger partial charge on any atom is -0.364 e. The molecule has 76 valence electrons. The van der Waals surface area contributed by atoms with Gasteiger partial charge in [0, 0.05) is 12.1 Å². The van der Waals surface area contributed by atoms with E-state index >= 15 is 0 Å². The molecule has 2 rings (SSSR count). The Kier molecular flexibility index (Phi) is 2.58. The van der Waals surface area contributed by atoms with Crippen LogP contribution in [0, 0.1) is 6.92 Å². The van der Waals surface area contributed by atoms with Crippen LogP contribution in [0.15, 0.2) is 10.8 Å². The minimum atomic E-state index is -0.0114. The Hall–Kier alpha value is -0.840. The van der Waals surface area contributed by atoms with Crippen molar-refractivity contribution in [2.24, 2.45) is 0 Å². The molecule has 0 radical (unpaired) electrons. The third kappa shape index (κ3) is 1.68. The molecular formula is C9H11BrN2O2. The van der Waals surface area contributed by atoms with Crippen LogP contribution in [-0.4, -0.2) is 27.3 Å². The van der Waals surface area contributed by atoms with Crippen LogP contribution in [0.25, 0.3) is 0 Å². The number of carbonyl (C=O) groups is 1. The van der Waals surface area contributed by atoms with E-state index in [0.717, 1.165) is 24.2 Å². The number of aryl methyl sites for hydroxylation is 1. The topological polar surface area (TPSA) is 46.3 Å². The van der Waals surface area contributed by atoms with E-state index in [1.54, 1.807) is 6.26 Å². The fraction of sp³-hybridized carbons (Fsp3) is 0.556. The van der Waals surface area contributed by atoms with Gasteiger partial charge in [0.15, 0.2) is 0 Å². The van der Waals surface area contributed by atoms with E-state index < -0.39 is 0 Å². The van der Waals surface area contributed by atoms with Crippen molar-refractivity contribution in [3.05, 3.63) is 17.5 Å². The fourth-order valence-electron chi connectivity index (χ4n) is 1.53. The molecule has 0 aliphatic carbocycles. The first-order chi connectivity index (χ1) is 6.68. The van der Waals surface area contributed by atoms with Gasteiger partial charge in [-0.05, 0) is 13.3 Å². The number of rotatable bonds is 2. The summed E-state index contributed by atoms with van der Waals surface area (Å²) in [5.74, 6) is 0.158. The predicted octanol–water partition coefficient (Wildman–Crippen LogP) is 1.48. The summed E-state index contributed by atoms with van der Waals surface area (Å²) < 4.78 is 4.82. The summed E-state index contributed by atoms with van der Waals surface area (Å²) in [5.41, 5.74) is 1.84. The summed E-state index contributed by atoms with van der Waals surface area (Å²) in [6.07, 6.45) is 2.48. The van der Waals surface area contributed by atoms with Gasteiger partial charge in [0.1, 0.15) is 6.26 Å². The van der Waals surface area contributed by atoms with E-state index in [1.165, 1.54) is 0 Å². The van der Waals surface area contributed by atoms with Crippen LogP contribution >= 0.6 is 15.9 Å². The predicted molar refractivity (Wildman–Crippen MR) is 54.0 cm³/mol. The molecule has 0 aromatic carbocycles. The van der Waals surface area contributed by atoms with Gasteiger partial charge in [0.2, 0.25) is 5.91 Å². The first-order valence-electron chi connectivity index (χ1n) is 4.51. The summed E-state index contributed by atoms with van der Waals surface area (Å²) in [7, 11) is 0. The maximum absolute atomic E-state index is 11.6. The van der Waals surface area contributed by atoms with E-state index in [0.29, 0.717) is 6.54 Å². The molecule has 5 heteroatoms. The molecule has 1 atom stereocenters. The number of hydrogen-bond acceptors (Lipinski definition) is 3. The third-order valence-electron chi connectivity index (χ3n) is 2.44. The van der Waals surface area contributed by atoms with Crippen molar-refractivity contribution in [2.75, 3.05) is 6.54 Å². The fourth-order valence-corrected chi connectivity index (χ4v) is 2.02. The number of amides is 1. The van der Waals surface area contributed by atoms with Crippen molar-refractivity contribution in [3.8, 4) is 0 Å². The Bertz CT molecular complexity index is 350. The van der Waals surface area contributed by atoms with Crippen LogP contribution < -0.4 is 0 Å². The molecule has 1 unspecified atom stereocenters. The number of aromatic nitrogens is 1. The Balaban J connectivity index is 2.06. The highest BCUT2D eigenvalue weighted by molar-refractivity contribution is 9.10. The summed E-state index contributed by atoms with van der Waals surface area (Å²) in [6.45, 7) is 3.29. The molecule has 1 saturated heterocycles. The van der Waals surface area contributed by atoms with Gasteiger partial charge >= 0.3 is 0 Å². The molecule has 1 aliphatic rings. The monoisotopic (exact) mass is 258 g/mol. The van der Waals surface area contributed by atoms with Gasteiger partial charge in [-0.15, -0.1) is 0 Å². The number of halogens is 1. The number of alkyl halides is 1. The van der Waals surface area contributed by atoms with Crippen molar-refractivity contribution in [2.45, 2.75) is 24.7 Å². The maximum Gasteiger partial charge on any atom is 0.236 e. The largest absolute Gasteiger partial charge is 0.364 e. The molecule has 1 fully saturated rings. The van der Waals surface area contributed by atoms with E-state index in [1.807, 2.05) is 11.8 Å². The standard InChI is InChI=1S/C9H11BrN2O2/c1-6-7(5-14-11-6)4-12-3-2-8(10)9(12)13/h5,8H,2-4H2,1H3. The lowest BCUT2D eigenvalue weighted by Crippen LogP contribution is -2.27. The van der Waals surface area contributed by atoms with Crippen LogP contribution in [-0.2, 0) is 11.3 Å². The second kappa shape index (κ2) is 3.73. The lowest BCUT2D eigenvalue weighted by Gasteiger charge is -2.14. The molecular weight excluding hydrogens is 248 g/mol. The van der Waals surface area contributed by atoms with Crippen LogP contribution in [0.2, 0.25) is 0 Å². The van der Waals surface area contributed by atoms with E-state index in [4.69, 9.17) is 4.52 Å². The average Bonchev–Trinajstić information content (AvgIpc) is 2.68. The van der Waals surface area contributed by atoms with Crippen LogP contribution in [0.1, 0.15) is 17.7 Å². The number of carbonyl (C=O) groups excluding carboxylic acids is 1. The maximum atomic E-state index is 11.6. The van der Waals surface area contributed by atoms with E-state index in [-0.39, 0.29) is 10.7 Å². The average molecular weight is 259 g/mol. The normalized spacial score (nSPS) is 22.0. The Morgan fingerprint density at radius 3 is 3.07 bits per heavy atom. The molecule has 0 saturated carbocycles. The first-order valence-corrected chi connectivity index (χ1v) is 5.43. The highest BCUT2D eigenvalue weighted by atomic mass is 79.9. The second-order valence-electron chi connectivity index (χ2n) is 3.44. The first kappa shape index (κ1) is 9.71. The zero-order valence-corrected chi connectivity index (χ0v) is 9.45. The molecule has 0 spiro atoms. The zero-order valence-electron chi connectivity index (χ0n) is 7.86. The molecule has 1 aliphatic heterocycles. The Morgan fingerprint density at radius 2 is 2.57 bits per heavy atom. The van der Waals surface area contributed by atoms with E-state index in [9.17, 15) is 4.79 Å². The highest BCUT2D eigenvalue weighted by Gasteiger charge is 2.29. The summed E-state index contributed by atoms with van der Waals surface area (Å²) in [6, 6.07) is 0. The molecule has 1 amide bonds.